The number of nitrogens with zero attached hydrogens (tertiary/aromatic N) is 4. The number of aliphatic hydroxyl groups is 1. The molecule has 0 spiro atoms. The number of carbonyl (C=O) groups is 3. The molecule has 1 aliphatic carbocycles. The van der Waals surface area contributed by atoms with Crippen LogP contribution in [0.15, 0.2) is 85.1 Å². The molecule has 0 bridgehead atoms. The average molecular weight is 702 g/mol. The number of hydrogen-bond acceptors (Lipinski definition) is 6. The Labute approximate surface area is 304 Å². The standard InChI is InChI=1S/C42H47N5O5/c1-26(2)41(40(50)47-35(20-27-12-6-4-7-13-27)39(49)46-19-11-18-36(46)42(47,51)52-41)43-38(48)30-21-32-31-16-10-17-33-37(31)29(22-34(32)44(3)24-30)25-45(33)23-28-14-8-5-9-15-28/h4-10,12-17,25-26,30,32,34-36,51H,11,18-24H2,1-3H3,(H,43,48)/t30-,32?,34-,35+,36+,41-,42+/m1/s1. The Bertz CT molecular complexity index is 2050. The molecule has 1 aromatic heterocycles. The molecule has 3 amide bonds. The average Bonchev–Trinajstić information content (AvgIpc) is 3.84. The fourth-order valence-corrected chi connectivity index (χ4v) is 10.1. The van der Waals surface area contributed by atoms with E-state index in [1.54, 1.807) is 4.90 Å². The second-order valence-corrected chi connectivity index (χ2v) is 16.0. The van der Waals surface area contributed by atoms with Gasteiger partial charge in [0, 0.05) is 61.0 Å². The number of fused-ring (bicyclic) bond motifs is 5. The number of piperazine rings is 1. The molecular weight excluding hydrogens is 654 g/mol. The number of hydrogen-bond donors (Lipinski definition) is 2. The van der Waals surface area contributed by atoms with Gasteiger partial charge in [-0.15, -0.1) is 0 Å². The number of aromatic nitrogens is 1. The van der Waals surface area contributed by atoms with Gasteiger partial charge in [-0.3, -0.25) is 24.0 Å². The molecule has 2 N–H and O–H groups in total. The van der Waals surface area contributed by atoms with Crippen LogP contribution in [-0.4, -0.2) is 92.0 Å². The molecule has 10 nitrogen and oxygen atoms in total. The van der Waals surface area contributed by atoms with Crippen LogP contribution in [0.25, 0.3) is 10.9 Å². The van der Waals surface area contributed by atoms with Gasteiger partial charge in [0.2, 0.25) is 17.5 Å². The van der Waals surface area contributed by atoms with Crippen molar-refractivity contribution in [2.45, 2.75) is 88.2 Å². The van der Waals surface area contributed by atoms with Crippen molar-refractivity contribution in [3.05, 3.63) is 107 Å². The molecule has 10 heteroatoms. The van der Waals surface area contributed by atoms with Crippen molar-refractivity contribution in [1.29, 1.82) is 0 Å². The molecule has 5 heterocycles. The number of rotatable bonds is 7. The summed E-state index contributed by atoms with van der Waals surface area (Å²) >= 11 is 0. The number of likely N-dealkylation sites (N-methyl/N-ethyl adjacent to an activating group) is 1. The van der Waals surface area contributed by atoms with Crippen molar-refractivity contribution < 1.29 is 24.2 Å². The van der Waals surface area contributed by atoms with Crippen LogP contribution < -0.4 is 5.32 Å². The molecule has 4 fully saturated rings. The fourth-order valence-electron chi connectivity index (χ4n) is 10.1. The van der Waals surface area contributed by atoms with E-state index in [-0.39, 0.29) is 30.2 Å². The summed E-state index contributed by atoms with van der Waals surface area (Å²) in [4.78, 5) is 48.6. The minimum absolute atomic E-state index is 0.129. The van der Waals surface area contributed by atoms with Gasteiger partial charge in [0.1, 0.15) is 12.1 Å². The van der Waals surface area contributed by atoms with Gasteiger partial charge in [0.25, 0.3) is 11.8 Å². The molecule has 1 unspecified atom stereocenters. The normalized spacial score (nSPS) is 31.2. The molecule has 5 aliphatic rings. The van der Waals surface area contributed by atoms with Crippen molar-refractivity contribution in [3.63, 3.8) is 0 Å². The highest BCUT2D eigenvalue weighted by Crippen LogP contribution is 2.49. The Morgan fingerprint density at radius 2 is 1.73 bits per heavy atom. The van der Waals surface area contributed by atoms with Crippen LogP contribution in [0.4, 0.5) is 0 Å². The second-order valence-electron chi connectivity index (χ2n) is 16.0. The fraction of sp³-hybridized carbons (Fsp3) is 0.452. The maximum atomic E-state index is 14.8. The van der Waals surface area contributed by atoms with E-state index in [9.17, 15) is 19.5 Å². The highest BCUT2D eigenvalue weighted by molar-refractivity contribution is 5.98. The predicted molar refractivity (Wildman–Crippen MR) is 196 cm³/mol. The highest BCUT2D eigenvalue weighted by Gasteiger charge is 2.72. The number of piperidine rings is 1. The molecule has 4 aliphatic heterocycles. The van der Waals surface area contributed by atoms with Crippen molar-refractivity contribution >= 4 is 28.6 Å². The van der Waals surface area contributed by atoms with E-state index in [0.29, 0.717) is 32.4 Å². The Balaban J connectivity index is 1.02. The van der Waals surface area contributed by atoms with Crippen LogP contribution in [0.5, 0.6) is 0 Å². The topological polar surface area (TPSA) is 107 Å². The minimum atomic E-state index is -2.06. The summed E-state index contributed by atoms with van der Waals surface area (Å²) in [6, 6.07) is 25.2. The zero-order chi connectivity index (χ0) is 35.9. The molecule has 0 saturated carbocycles. The van der Waals surface area contributed by atoms with Crippen LogP contribution in [0.1, 0.15) is 61.3 Å². The SMILES string of the molecule is CC(C)[C@@]1(NC(=O)[C@@H]2CC3c4cccc5c4c(cn5Cc4ccccc4)C[C@H]3N(C)C2)O[C@@]2(O)[C@@H]3CCCN3C(=O)[C@H](Cc3ccccc3)N2C1=O. The zero-order valence-corrected chi connectivity index (χ0v) is 30.1. The van der Waals surface area contributed by atoms with E-state index in [0.717, 1.165) is 18.5 Å². The first-order valence-electron chi connectivity index (χ1n) is 18.9. The van der Waals surface area contributed by atoms with Gasteiger partial charge in [0.15, 0.2) is 0 Å². The first kappa shape index (κ1) is 33.3. The van der Waals surface area contributed by atoms with Crippen molar-refractivity contribution in [1.82, 2.24) is 24.6 Å². The van der Waals surface area contributed by atoms with E-state index in [2.05, 4.69) is 70.5 Å². The number of benzene rings is 3. The predicted octanol–water partition coefficient (Wildman–Crippen LogP) is 4.24. The zero-order valence-electron chi connectivity index (χ0n) is 30.1. The van der Waals surface area contributed by atoms with Gasteiger partial charge < -0.3 is 24.8 Å². The lowest BCUT2D eigenvalue weighted by Gasteiger charge is -2.48. The lowest BCUT2D eigenvalue weighted by molar-refractivity contribution is -0.321. The number of ether oxygens (including phenoxy) is 1. The summed E-state index contributed by atoms with van der Waals surface area (Å²) in [6.45, 7) is 5.47. The quantitative estimate of drug-likeness (QED) is 0.299. The Hall–Kier alpha value is -4.51. The monoisotopic (exact) mass is 701 g/mol. The number of nitrogens with one attached hydrogen (secondary N) is 1. The van der Waals surface area contributed by atoms with E-state index in [1.807, 2.05) is 50.2 Å². The number of carbonyl (C=O) groups excluding carboxylic acids is 3. The first-order chi connectivity index (χ1) is 25.1. The van der Waals surface area contributed by atoms with Crippen molar-refractivity contribution in [3.8, 4) is 0 Å². The van der Waals surface area contributed by atoms with Gasteiger partial charge in [0.05, 0.1) is 5.92 Å². The minimum Gasteiger partial charge on any atom is -0.347 e. The molecule has 7 atom stereocenters. The van der Waals surface area contributed by atoms with Crippen molar-refractivity contribution in [2.24, 2.45) is 11.8 Å². The number of amides is 3. The largest absolute Gasteiger partial charge is 0.347 e. The van der Waals surface area contributed by atoms with Gasteiger partial charge in [-0.05, 0) is 61.1 Å². The molecule has 4 saturated heterocycles. The van der Waals surface area contributed by atoms with Crippen LogP contribution in [0.3, 0.4) is 0 Å². The molecule has 0 radical (unpaired) electrons. The Morgan fingerprint density at radius 3 is 2.46 bits per heavy atom. The van der Waals surface area contributed by atoms with Crippen LogP contribution in [-0.2, 0) is 38.5 Å². The maximum Gasteiger partial charge on any atom is 0.281 e. The summed E-state index contributed by atoms with van der Waals surface area (Å²) in [5.41, 5.74) is 4.11. The summed E-state index contributed by atoms with van der Waals surface area (Å²) in [7, 11) is 2.09. The Morgan fingerprint density at radius 1 is 1.00 bits per heavy atom. The van der Waals surface area contributed by atoms with Crippen LogP contribution in [0, 0.1) is 11.8 Å². The third-order valence-corrected chi connectivity index (χ3v) is 12.6. The van der Waals surface area contributed by atoms with Gasteiger partial charge in [-0.2, -0.15) is 0 Å². The van der Waals surface area contributed by atoms with Crippen molar-refractivity contribution in [2.75, 3.05) is 20.1 Å². The molecule has 52 heavy (non-hydrogen) atoms. The van der Waals surface area contributed by atoms with Crippen LogP contribution in [0.2, 0.25) is 0 Å². The Kier molecular flexibility index (Phi) is 7.88. The summed E-state index contributed by atoms with van der Waals surface area (Å²) < 4.78 is 8.92. The lowest BCUT2D eigenvalue weighted by Crippen LogP contribution is -2.71. The van der Waals surface area contributed by atoms with E-state index in [4.69, 9.17) is 4.74 Å². The van der Waals surface area contributed by atoms with Gasteiger partial charge >= 0.3 is 0 Å². The second kappa shape index (κ2) is 12.3. The van der Waals surface area contributed by atoms with Gasteiger partial charge in [-0.25, -0.2) is 0 Å². The van der Waals surface area contributed by atoms with Crippen LogP contribution >= 0.6 is 0 Å². The molecule has 9 rings (SSSR count). The molecule has 3 aromatic carbocycles. The third-order valence-electron chi connectivity index (χ3n) is 12.6. The smallest absolute Gasteiger partial charge is 0.281 e. The number of likely N-dealkylation sites (tertiary alicyclic amines) is 1. The van der Waals surface area contributed by atoms with E-state index >= 15 is 0 Å². The van der Waals surface area contributed by atoms with E-state index in [1.165, 1.54) is 32.5 Å². The maximum absolute atomic E-state index is 14.8. The lowest BCUT2D eigenvalue weighted by atomic mass is 9.72. The molecular formula is C42H47N5O5. The van der Waals surface area contributed by atoms with E-state index < -0.39 is 41.5 Å². The summed E-state index contributed by atoms with van der Waals surface area (Å²) in [6.07, 6.45) is 5.28. The highest BCUT2D eigenvalue weighted by atomic mass is 16.7. The molecule has 270 valence electrons. The third kappa shape index (κ3) is 4.98. The summed E-state index contributed by atoms with van der Waals surface area (Å²) in [5, 5.41) is 16.8. The summed E-state index contributed by atoms with van der Waals surface area (Å²) in [5.74, 6) is -3.90. The molecule has 4 aromatic rings. The van der Waals surface area contributed by atoms with Gasteiger partial charge in [-0.1, -0.05) is 86.6 Å². The first-order valence-corrected chi connectivity index (χ1v) is 18.9.